The van der Waals surface area contributed by atoms with E-state index in [1.807, 2.05) is 6.92 Å². The lowest BCUT2D eigenvalue weighted by atomic mass is 10.2. The summed E-state index contributed by atoms with van der Waals surface area (Å²) in [6.45, 7) is 3.92. The molecule has 0 atom stereocenters. The summed E-state index contributed by atoms with van der Waals surface area (Å²) in [5, 5.41) is 4.65. The Morgan fingerprint density at radius 1 is 1.10 bits per heavy atom. The zero-order valence-corrected chi connectivity index (χ0v) is 13.4. The van der Waals surface area contributed by atoms with Crippen LogP contribution in [0.2, 0.25) is 15.2 Å². The minimum Gasteiger partial charge on any atom is -0.337 e. The summed E-state index contributed by atoms with van der Waals surface area (Å²) < 4.78 is 0. The van der Waals surface area contributed by atoms with Crippen molar-refractivity contribution in [1.82, 2.24) is 9.97 Å². The number of para-hydroxylation sites is 1. The lowest BCUT2D eigenvalue weighted by Gasteiger charge is -2.13. The molecule has 1 aromatic carbocycles. The van der Waals surface area contributed by atoms with Gasteiger partial charge in [0.25, 0.3) is 0 Å². The number of hydrogen-bond acceptors (Lipinski definition) is 3. The SMILES string of the molecule is CCCc1nc(Cl)c(C)c(Nc2c(Cl)cccc2Cl)n1. The average molecular weight is 331 g/mol. The third-order valence-corrected chi connectivity index (χ3v) is 3.81. The van der Waals surface area contributed by atoms with Crippen LogP contribution in [0.25, 0.3) is 0 Å². The highest BCUT2D eigenvalue weighted by Gasteiger charge is 2.12. The van der Waals surface area contributed by atoms with Crippen molar-refractivity contribution in [1.29, 1.82) is 0 Å². The van der Waals surface area contributed by atoms with Gasteiger partial charge in [-0.15, -0.1) is 0 Å². The van der Waals surface area contributed by atoms with Gasteiger partial charge >= 0.3 is 0 Å². The zero-order chi connectivity index (χ0) is 14.7. The van der Waals surface area contributed by atoms with Crippen LogP contribution in [-0.2, 0) is 6.42 Å². The lowest BCUT2D eigenvalue weighted by molar-refractivity contribution is 0.833. The fourth-order valence-electron chi connectivity index (χ4n) is 1.73. The smallest absolute Gasteiger partial charge is 0.138 e. The van der Waals surface area contributed by atoms with Crippen LogP contribution in [0, 0.1) is 6.92 Å². The average Bonchev–Trinajstić information content (AvgIpc) is 2.39. The van der Waals surface area contributed by atoms with Crippen LogP contribution in [-0.4, -0.2) is 9.97 Å². The molecule has 0 saturated heterocycles. The van der Waals surface area contributed by atoms with E-state index in [9.17, 15) is 0 Å². The molecule has 1 N–H and O–H groups in total. The van der Waals surface area contributed by atoms with Gasteiger partial charge in [-0.05, 0) is 25.5 Å². The van der Waals surface area contributed by atoms with E-state index >= 15 is 0 Å². The maximum atomic E-state index is 6.15. The predicted molar refractivity (Wildman–Crippen MR) is 85.5 cm³/mol. The highest BCUT2D eigenvalue weighted by atomic mass is 35.5. The van der Waals surface area contributed by atoms with Gasteiger partial charge in [0, 0.05) is 12.0 Å². The fraction of sp³-hybridized carbons (Fsp3) is 0.286. The third-order valence-electron chi connectivity index (χ3n) is 2.81. The van der Waals surface area contributed by atoms with Crippen molar-refractivity contribution in [2.45, 2.75) is 26.7 Å². The van der Waals surface area contributed by atoms with Crippen LogP contribution >= 0.6 is 34.8 Å². The van der Waals surface area contributed by atoms with E-state index in [1.165, 1.54) is 0 Å². The second-order valence-electron chi connectivity index (χ2n) is 4.38. The molecular weight excluding hydrogens is 317 g/mol. The molecule has 0 aliphatic heterocycles. The van der Waals surface area contributed by atoms with Crippen LogP contribution in [0.3, 0.4) is 0 Å². The van der Waals surface area contributed by atoms with E-state index in [-0.39, 0.29) is 0 Å². The van der Waals surface area contributed by atoms with Gasteiger partial charge < -0.3 is 5.32 Å². The Bertz CT molecular complexity index is 609. The van der Waals surface area contributed by atoms with Gasteiger partial charge in [0.15, 0.2) is 0 Å². The van der Waals surface area contributed by atoms with Gasteiger partial charge in [-0.3, -0.25) is 0 Å². The number of anilines is 2. The second-order valence-corrected chi connectivity index (χ2v) is 5.55. The second kappa shape index (κ2) is 6.61. The van der Waals surface area contributed by atoms with Crippen molar-refractivity contribution >= 4 is 46.3 Å². The highest BCUT2D eigenvalue weighted by molar-refractivity contribution is 6.39. The minimum absolute atomic E-state index is 0.439. The third kappa shape index (κ3) is 3.35. The molecule has 0 saturated carbocycles. The molecule has 2 aromatic rings. The number of benzene rings is 1. The molecule has 0 fully saturated rings. The molecule has 0 amide bonds. The number of nitrogens with zero attached hydrogens (tertiary/aromatic N) is 2. The summed E-state index contributed by atoms with van der Waals surface area (Å²) in [7, 11) is 0. The van der Waals surface area contributed by atoms with E-state index in [4.69, 9.17) is 34.8 Å². The van der Waals surface area contributed by atoms with Crippen molar-refractivity contribution < 1.29 is 0 Å². The molecule has 0 bridgehead atoms. The van der Waals surface area contributed by atoms with Gasteiger partial charge in [-0.2, -0.15) is 0 Å². The number of aromatic nitrogens is 2. The maximum Gasteiger partial charge on any atom is 0.138 e. The molecule has 20 heavy (non-hydrogen) atoms. The zero-order valence-electron chi connectivity index (χ0n) is 11.2. The Labute approximate surface area is 133 Å². The first kappa shape index (κ1) is 15.4. The molecule has 0 unspecified atom stereocenters. The van der Waals surface area contributed by atoms with E-state index in [2.05, 4.69) is 22.2 Å². The fourth-order valence-corrected chi connectivity index (χ4v) is 2.40. The quantitative estimate of drug-likeness (QED) is 0.758. The molecule has 1 heterocycles. The van der Waals surface area contributed by atoms with E-state index in [0.717, 1.165) is 18.4 Å². The monoisotopic (exact) mass is 329 g/mol. The first-order valence-corrected chi connectivity index (χ1v) is 7.40. The summed E-state index contributed by atoms with van der Waals surface area (Å²) in [5.41, 5.74) is 1.39. The van der Waals surface area contributed by atoms with Crippen LogP contribution in [0.4, 0.5) is 11.5 Å². The summed E-state index contributed by atoms with van der Waals surface area (Å²) in [6.07, 6.45) is 1.72. The standard InChI is InChI=1S/C14H14Cl3N3/c1-3-5-11-18-13(17)8(2)14(19-11)20-12-9(15)6-4-7-10(12)16/h4,6-7H,3,5H2,1-2H3,(H,18,19,20). The Kier molecular flexibility index (Phi) is 5.08. The van der Waals surface area contributed by atoms with E-state index in [1.54, 1.807) is 18.2 Å². The van der Waals surface area contributed by atoms with Crippen molar-refractivity contribution in [3.05, 3.63) is 44.8 Å². The molecule has 3 nitrogen and oxygen atoms in total. The van der Waals surface area contributed by atoms with Gasteiger partial charge in [0.05, 0.1) is 15.7 Å². The topological polar surface area (TPSA) is 37.8 Å². The minimum atomic E-state index is 0.439. The Balaban J connectivity index is 2.42. The Hall–Kier alpha value is -1.03. The van der Waals surface area contributed by atoms with Crippen molar-refractivity contribution in [3.8, 4) is 0 Å². The molecule has 106 valence electrons. The lowest BCUT2D eigenvalue weighted by Crippen LogP contribution is -2.04. The molecule has 2 rings (SSSR count). The van der Waals surface area contributed by atoms with Crippen LogP contribution < -0.4 is 5.32 Å². The Morgan fingerprint density at radius 2 is 1.75 bits per heavy atom. The summed E-state index contributed by atoms with van der Waals surface area (Å²) in [5.74, 6) is 1.33. The van der Waals surface area contributed by atoms with Crippen molar-refractivity contribution in [3.63, 3.8) is 0 Å². The van der Waals surface area contributed by atoms with Gasteiger partial charge in [0.2, 0.25) is 0 Å². The van der Waals surface area contributed by atoms with Crippen molar-refractivity contribution in [2.75, 3.05) is 5.32 Å². The van der Waals surface area contributed by atoms with Crippen LogP contribution in [0.1, 0.15) is 24.7 Å². The Morgan fingerprint density at radius 3 is 2.35 bits per heavy atom. The molecule has 0 aliphatic carbocycles. The summed E-state index contributed by atoms with van der Waals surface area (Å²) in [4.78, 5) is 8.73. The molecular formula is C14H14Cl3N3. The predicted octanol–water partition coefficient (Wildman–Crippen LogP) is 5.44. The van der Waals surface area contributed by atoms with Gasteiger partial charge in [-0.25, -0.2) is 9.97 Å². The van der Waals surface area contributed by atoms with Crippen LogP contribution in [0.15, 0.2) is 18.2 Å². The van der Waals surface area contributed by atoms with Crippen molar-refractivity contribution in [2.24, 2.45) is 0 Å². The first-order valence-electron chi connectivity index (χ1n) is 6.27. The number of halogens is 3. The summed E-state index contributed by atoms with van der Waals surface area (Å²) >= 11 is 18.4. The number of aryl methyl sites for hydroxylation is 1. The number of nitrogens with one attached hydrogen (secondary N) is 1. The largest absolute Gasteiger partial charge is 0.337 e. The normalized spacial score (nSPS) is 10.7. The molecule has 1 aromatic heterocycles. The molecule has 0 aliphatic rings. The van der Waals surface area contributed by atoms with E-state index < -0.39 is 0 Å². The first-order chi connectivity index (χ1) is 9.52. The maximum absolute atomic E-state index is 6.15. The van der Waals surface area contributed by atoms with Crippen LogP contribution in [0.5, 0.6) is 0 Å². The molecule has 0 radical (unpaired) electrons. The summed E-state index contributed by atoms with van der Waals surface area (Å²) in [6, 6.07) is 5.32. The molecule has 6 heteroatoms. The number of hydrogen-bond donors (Lipinski definition) is 1. The number of rotatable bonds is 4. The van der Waals surface area contributed by atoms with Gasteiger partial charge in [0.1, 0.15) is 16.8 Å². The highest BCUT2D eigenvalue weighted by Crippen LogP contribution is 2.33. The van der Waals surface area contributed by atoms with Gasteiger partial charge in [-0.1, -0.05) is 47.8 Å². The van der Waals surface area contributed by atoms with E-state index in [0.29, 0.717) is 32.5 Å². The molecule has 0 spiro atoms.